The molecule has 4 nitrogen and oxygen atoms in total. The van der Waals surface area contributed by atoms with E-state index in [1.165, 1.54) is 23.0 Å². The summed E-state index contributed by atoms with van der Waals surface area (Å²) in [7, 11) is 0. The zero-order valence-electron chi connectivity index (χ0n) is 12.5. The van der Waals surface area contributed by atoms with Crippen molar-refractivity contribution in [3.05, 3.63) is 65.1 Å². The molecule has 124 valence electrons. The molecule has 1 aliphatic carbocycles. The third-order valence-corrected chi connectivity index (χ3v) is 4.31. The van der Waals surface area contributed by atoms with Crippen molar-refractivity contribution in [2.24, 2.45) is 0 Å². The molecule has 1 N–H and O–H groups in total. The van der Waals surface area contributed by atoms with Gasteiger partial charge in [-0.15, -0.1) is 0 Å². The second kappa shape index (κ2) is 5.31. The number of rotatable bonds is 3. The molecule has 1 fully saturated rings. The number of halogens is 3. The van der Waals surface area contributed by atoms with E-state index in [1.807, 2.05) is 12.1 Å². The Bertz CT molecular complexity index is 882. The van der Waals surface area contributed by atoms with Gasteiger partial charge in [-0.2, -0.15) is 18.3 Å². The van der Waals surface area contributed by atoms with Crippen molar-refractivity contribution < 1.29 is 18.3 Å². The van der Waals surface area contributed by atoms with E-state index in [4.69, 9.17) is 0 Å². The van der Waals surface area contributed by atoms with E-state index in [0.717, 1.165) is 30.5 Å². The van der Waals surface area contributed by atoms with Crippen LogP contribution < -0.4 is 0 Å². The molecule has 0 bridgehead atoms. The van der Waals surface area contributed by atoms with Crippen LogP contribution in [0.1, 0.15) is 47.2 Å². The molecule has 24 heavy (non-hydrogen) atoms. The van der Waals surface area contributed by atoms with Crippen LogP contribution in [0.15, 0.2) is 42.7 Å². The van der Waals surface area contributed by atoms with Crippen molar-refractivity contribution >= 4 is 5.65 Å². The first-order valence-corrected chi connectivity index (χ1v) is 7.62. The van der Waals surface area contributed by atoms with E-state index in [-0.39, 0.29) is 0 Å². The summed E-state index contributed by atoms with van der Waals surface area (Å²) in [6.45, 7) is 0. The Morgan fingerprint density at radius 2 is 1.83 bits per heavy atom. The maximum atomic E-state index is 12.7. The predicted molar refractivity (Wildman–Crippen MR) is 80.5 cm³/mol. The molecular formula is C17H14F3N3O. The molecule has 2 aromatic heterocycles. The summed E-state index contributed by atoms with van der Waals surface area (Å²) in [5.74, 6) is 0.463. The van der Waals surface area contributed by atoms with E-state index in [2.05, 4.69) is 10.1 Å². The number of nitrogens with zero attached hydrogens (tertiary/aromatic N) is 3. The number of aromatic nitrogens is 3. The lowest BCUT2D eigenvalue weighted by Crippen LogP contribution is -2.09. The van der Waals surface area contributed by atoms with Gasteiger partial charge in [0.25, 0.3) is 0 Å². The van der Waals surface area contributed by atoms with Crippen molar-refractivity contribution in [3.8, 4) is 0 Å². The van der Waals surface area contributed by atoms with Gasteiger partial charge in [0, 0.05) is 0 Å². The Morgan fingerprint density at radius 1 is 1.12 bits per heavy atom. The molecule has 2 heterocycles. The lowest BCUT2D eigenvalue weighted by Gasteiger charge is -2.15. The Hall–Kier alpha value is -2.41. The molecule has 1 aromatic carbocycles. The summed E-state index contributed by atoms with van der Waals surface area (Å²) in [6, 6.07) is 8.33. The van der Waals surface area contributed by atoms with Crippen LogP contribution in [0, 0.1) is 0 Å². The SMILES string of the molecule is OC(c1ccc(C(F)(F)F)cc1)c1cc(C2CC2)cc2ncnn12. The molecule has 1 unspecified atom stereocenters. The highest BCUT2D eigenvalue weighted by atomic mass is 19.4. The van der Waals surface area contributed by atoms with Gasteiger partial charge in [-0.3, -0.25) is 0 Å². The molecule has 0 spiro atoms. The summed E-state index contributed by atoms with van der Waals surface area (Å²) in [5, 5.41) is 14.8. The second-order valence-corrected chi connectivity index (χ2v) is 6.04. The molecule has 0 aliphatic heterocycles. The first-order valence-electron chi connectivity index (χ1n) is 7.62. The van der Waals surface area contributed by atoms with Crippen LogP contribution in [0.5, 0.6) is 0 Å². The fraction of sp³-hybridized carbons (Fsp3) is 0.294. The van der Waals surface area contributed by atoms with E-state index in [0.29, 0.717) is 22.8 Å². The summed E-state index contributed by atoms with van der Waals surface area (Å²) < 4.78 is 39.5. The molecule has 4 rings (SSSR count). The summed E-state index contributed by atoms with van der Waals surface area (Å²) in [6.07, 6.45) is -1.88. The molecule has 0 radical (unpaired) electrons. The van der Waals surface area contributed by atoms with Gasteiger partial charge in [-0.25, -0.2) is 9.50 Å². The van der Waals surface area contributed by atoms with Crippen LogP contribution in [-0.2, 0) is 6.18 Å². The van der Waals surface area contributed by atoms with Gasteiger partial charge in [0.15, 0.2) is 5.65 Å². The van der Waals surface area contributed by atoms with Crippen molar-refractivity contribution in [1.29, 1.82) is 0 Å². The van der Waals surface area contributed by atoms with Crippen molar-refractivity contribution in [3.63, 3.8) is 0 Å². The quantitative estimate of drug-likeness (QED) is 0.795. The highest BCUT2D eigenvalue weighted by molar-refractivity contribution is 5.46. The first kappa shape index (κ1) is 15.1. The number of aliphatic hydroxyl groups is 1. The van der Waals surface area contributed by atoms with Gasteiger partial charge >= 0.3 is 6.18 Å². The molecule has 1 atom stereocenters. The molecule has 0 saturated heterocycles. The smallest absolute Gasteiger partial charge is 0.382 e. The van der Waals surface area contributed by atoms with Gasteiger partial charge in [-0.05, 0) is 54.2 Å². The maximum absolute atomic E-state index is 12.7. The lowest BCUT2D eigenvalue weighted by molar-refractivity contribution is -0.137. The first-order chi connectivity index (χ1) is 11.4. The fourth-order valence-electron chi connectivity index (χ4n) is 2.84. The minimum atomic E-state index is -4.39. The van der Waals surface area contributed by atoms with Gasteiger partial charge in [-0.1, -0.05) is 12.1 Å². The van der Waals surface area contributed by atoms with E-state index in [9.17, 15) is 18.3 Å². The highest BCUT2D eigenvalue weighted by Crippen LogP contribution is 2.41. The number of benzene rings is 1. The average molecular weight is 333 g/mol. The maximum Gasteiger partial charge on any atom is 0.416 e. The minimum absolute atomic E-state index is 0.382. The summed E-state index contributed by atoms with van der Waals surface area (Å²) in [4.78, 5) is 4.16. The Kier molecular flexibility index (Phi) is 3.35. The van der Waals surface area contributed by atoms with Crippen LogP contribution in [-0.4, -0.2) is 19.7 Å². The minimum Gasteiger partial charge on any atom is -0.382 e. The third kappa shape index (κ3) is 2.65. The molecule has 7 heteroatoms. The van der Waals surface area contributed by atoms with E-state index >= 15 is 0 Å². The third-order valence-electron chi connectivity index (χ3n) is 4.31. The van der Waals surface area contributed by atoms with Crippen molar-refractivity contribution in [2.75, 3.05) is 0 Å². The van der Waals surface area contributed by atoms with Crippen LogP contribution in [0.25, 0.3) is 5.65 Å². The fourth-order valence-corrected chi connectivity index (χ4v) is 2.84. The Morgan fingerprint density at radius 3 is 2.46 bits per heavy atom. The zero-order chi connectivity index (χ0) is 16.9. The van der Waals surface area contributed by atoms with E-state index in [1.54, 1.807) is 0 Å². The zero-order valence-corrected chi connectivity index (χ0v) is 12.5. The molecule has 1 aliphatic rings. The van der Waals surface area contributed by atoms with Crippen LogP contribution in [0.3, 0.4) is 0 Å². The standard InChI is InChI=1S/C17H14F3N3O/c18-17(19,20)13-5-3-11(4-6-13)16(24)14-7-12(10-1-2-10)8-15-21-9-22-23(14)15/h3-10,16,24H,1-2H2. The monoisotopic (exact) mass is 333 g/mol. The number of alkyl halides is 3. The summed E-state index contributed by atoms with van der Waals surface area (Å²) >= 11 is 0. The van der Waals surface area contributed by atoms with Crippen molar-refractivity contribution in [1.82, 2.24) is 14.6 Å². The van der Waals surface area contributed by atoms with Crippen LogP contribution in [0.4, 0.5) is 13.2 Å². The van der Waals surface area contributed by atoms with Crippen molar-refractivity contribution in [2.45, 2.75) is 31.0 Å². The largest absolute Gasteiger partial charge is 0.416 e. The lowest BCUT2D eigenvalue weighted by atomic mass is 10.0. The Labute approximate surface area is 135 Å². The molecule has 1 saturated carbocycles. The van der Waals surface area contributed by atoms with Gasteiger partial charge in [0.1, 0.15) is 12.4 Å². The topological polar surface area (TPSA) is 50.4 Å². The van der Waals surface area contributed by atoms with Crippen LogP contribution in [0.2, 0.25) is 0 Å². The number of aliphatic hydroxyl groups excluding tert-OH is 1. The summed E-state index contributed by atoms with van der Waals surface area (Å²) in [5.41, 5.74) is 1.85. The molecule has 0 amide bonds. The average Bonchev–Trinajstić information content (AvgIpc) is 3.30. The molecule has 3 aromatic rings. The van der Waals surface area contributed by atoms with E-state index < -0.39 is 17.8 Å². The molecular weight excluding hydrogens is 319 g/mol. The predicted octanol–water partition coefficient (Wildman–Crippen LogP) is 3.71. The second-order valence-electron chi connectivity index (χ2n) is 6.04. The number of fused-ring (bicyclic) bond motifs is 1. The van der Waals surface area contributed by atoms with Crippen LogP contribution >= 0.6 is 0 Å². The normalized spacial score (nSPS) is 16.5. The Balaban J connectivity index is 1.75. The van der Waals surface area contributed by atoms with Gasteiger partial charge in [0.2, 0.25) is 0 Å². The number of pyridine rings is 1. The van der Waals surface area contributed by atoms with Gasteiger partial charge in [0.05, 0.1) is 11.3 Å². The number of hydrogen-bond acceptors (Lipinski definition) is 3. The van der Waals surface area contributed by atoms with Gasteiger partial charge < -0.3 is 5.11 Å². The number of hydrogen-bond donors (Lipinski definition) is 1. The highest BCUT2D eigenvalue weighted by Gasteiger charge is 2.31.